The van der Waals surface area contributed by atoms with Crippen molar-refractivity contribution < 1.29 is 23.8 Å². The van der Waals surface area contributed by atoms with E-state index in [0.717, 1.165) is 0 Å². The van der Waals surface area contributed by atoms with E-state index in [2.05, 4.69) is 0 Å². The highest BCUT2D eigenvalue weighted by atomic mass is 35.5. The number of carbonyl (C=O) groups is 1. The Kier molecular flexibility index (Phi) is 3.47. The van der Waals surface area contributed by atoms with E-state index < -0.39 is 28.4 Å². The Morgan fingerprint density at radius 1 is 1.47 bits per heavy atom. The molecular formula is C9H7ClF2O3. The van der Waals surface area contributed by atoms with Crippen molar-refractivity contribution in [2.75, 3.05) is 0 Å². The number of phenolic OH excluding ortho intramolecular Hbond substituents is 1. The molecule has 0 fully saturated rings. The molecule has 0 saturated carbocycles. The predicted molar refractivity (Wildman–Crippen MR) is 49.0 cm³/mol. The van der Waals surface area contributed by atoms with Gasteiger partial charge in [0.05, 0.1) is 0 Å². The third-order valence-corrected chi connectivity index (χ3v) is 2.18. The molecule has 0 spiro atoms. The normalized spacial score (nSPS) is 10.3. The van der Waals surface area contributed by atoms with Crippen LogP contribution in [0.3, 0.4) is 0 Å². The van der Waals surface area contributed by atoms with Crippen LogP contribution < -0.4 is 0 Å². The second kappa shape index (κ2) is 4.44. The molecule has 3 nitrogen and oxygen atoms in total. The van der Waals surface area contributed by atoms with Crippen molar-refractivity contribution in [3.63, 3.8) is 0 Å². The minimum Gasteiger partial charge on any atom is -0.507 e. The third-order valence-electron chi connectivity index (χ3n) is 1.83. The topological polar surface area (TPSA) is 57.5 Å². The molecule has 0 aliphatic heterocycles. The van der Waals surface area contributed by atoms with Crippen LogP contribution in [-0.2, 0) is 11.2 Å². The Balaban J connectivity index is 3.07. The van der Waals surface area contributed by atoms with Gasteiger partial charge in [-0.15, -0.1) is 0 Å². The van der Waals surface area contributed by atoms with Crippen molar-refractivity contribution in [1.29, 1.82) is 0 Å². The van der Waals surface area contributed by atoms with E-state index in [0.29, 0.717) is 6.07 Å². The lowest BCUT2D eigenvalue weighted by Crippen LogP contribution is -2.01. The smallest absolute Gasteiger partial charge is 0.303 e. The molecule has 1 aromatic carbocycles. The van der Waals surface area contributed by atoms with Crippen molar-refractivity contribution in [2.24, 2.45) is 0 Å². The van der Waals surface area contributed by atoms with Gasteiger partial charge in [0.15, 0.2) is 5.82 Å². The van der Waals surface area contributed by atoms with Gasteiger partial charge in [-0.25, -0.2) is 8.78 Å². The van der Waals surface area contributed by atoms with Crippen LogP contribution in [0.5, 0.6) is 5.75 Å². The van der Waals surface area contributed by atoms with Crippen LogP contribution in [0.2, 0.25) is 5.02 Å². The molecular weight excluding hydrogens is 230 g/mol. The third kappa shape index (κ3) is 2.56. The van der Waals surface area contributed by atoms with Gasteiger partial charge in [0, 0.05) is 18.1 Å². The summed E-state index contributed by atoms with van der Waals surface area (Å²) in [6, 6.07) is 0.655. The molecule has 0 aliphatic rings. The monoisotopic (exact) mass is 236 g/mol. The Morgan fingerprint density at radius 2 is 2.07 bits per heavy atom. The SMILES string of the molecule is O=C(O)CCc1c(O)cc(F)c(Cl)c1F. The number of hydrogen-bond acceptors (Lipinski definition) is 2. The number of carboxylic acids is 1. The number of aliphatic carboxylic acids is 1. The summed E-state index contributed by atoms with van der Waals surface area (Å²) in [5.41, 5.74) is -0.288. The van der Waals surface area contributed by atoms with Crippen molar-refractivity contribution in [3.05, 3.63) is 28.3 Å². The Labute approximate surface area is 88.9 Å². The summed E-state index contributed by atoms with van der Waals surface area (Å²) in [6.45, 7) is 0. The highest BCUT2D eigenvalue weighted by Crippen LogP contribution is 2.30. The molecule has 0 bridgehead atoms. The number of halogens is 3. The number of carboxylic acid groups (broad SMARTS) is 1. The fourth-order valence-electron chi connectivity index (χ4n) is 1.09. The molecule has 0 atom stereocenters. The van der Waals surface area contributed by atoms with Crippen LogP contribution in [0.25, 0.3) is 0 Å². The molecule has 0 radical (unpaired) electrons. The van der Waals surface area contributed by atoms with E-state index in [4.69, 9.17) is 16.7 Å². The van der Waals surface area contributed by atoms with Gasteiger partial charge in [-0.3, -0.25) is 4.79 Å². The summed E-state index contributed by atoms with van der Waals surface area (Å²) >= 11 is 5.26. The first-order valence-electron chi connectivity index (χ1n) is 4.00. The molecule has 0 heterocycles. The van der Waals surface area contributed by atoms with Crippen LogP contribution in [0.1, 0.15) is 12.0 Å². The second-order valence-corrected chi connectivity index (χ2v) is 3.26. The number of benzene rings is 1. The van der Waals surface area contributed by atoms with E-state index in [1.165, 1.54) is 0 Å². The van der Waals surface area contributed by atoms with Gasteiger partial charge in [0.1, 0.15) is 16.6 Å². The molecule has 0 saturated heterocycles. The van der Waals surface area contributed by atoms with Gasteiger partial charge < -0.3 is 10.2 Å². The van der Waals surface area contributed by atoms with Crippen molar-refractivity contribution in [2.45, 2.75) is 12.8 Å². The molecule has 1 rings (SSSR count). The standard InChI is InChI=1S/C9H7ClF2O3/c10-8-5(11)3-6(13)4(9(8)12)1-2-7(14)15/h3,13H,1-2H2,(H,14,15). The van der Waals surface area contributed by atoms with Crippen LogP contribution in [-0.4, -0.2) is 16.2 Å². The van der Waals surface area contributed by atoms with Crippen LogP contribution >= 0.6 is 11.6 Å². The van der Waals surface area contributed by atoms with E-state index in [1.807, 2.05) is 0 Å². The highest BCUT2D eigenvalue weighted by molar-refractivity contribution is 6.31. The molecule has 0 amide bonds. The molecule has 15 heavy (non-hydrogen) atoms. The zero-order chi connectivity index (χ0) is 11.6. The van der Waals surface area contributed by atoms with Crippen molar-refractivity contribution >= 4 is 17.6 Å². The maximum absolute atomic E-state index is 13.2. The number of rotatable bonds is 3. The highest BCUT2D eigenvalue weighted by Gasteiger charge is 2.17. The fraction of sp³-hybridized carbons (Fsp3) is 0.222. The Morgan fingerprint density at radius 3 is 2.60 bits per heavy atom. The first kappa shape index (κ1) is 11.7. The molecule has 0 aromatic heterocycles. The van der Waals surface area contributed by atoms with Gasteiger partial charge in [0.2, 0.25) is 0 Å². The van der Waals surface area contributed by atoms with E-state index >= 15 is 0 Å². The summed E-state index contributed by atoms with van der Waals surface area (Å²) in [5.74, 6) is -3.97. The van der Waals surface area contributed by atoms with Gasteiger partial charge in [-0.2, -0.15) is 0 Å². The summed E-state index contributed by atoms with van der Waals surface area (Å²) in [5, 5.41) is 16.8. The van der Waals surface area contributed by atoms with Crippen LogP contribution in [0.4, 0.5) is 8.78 Å². The molecule has 0 unspecified atom stereocenters. The quantitative estimate of drug-likeness (QED) is 0.792. The first-order chi connectivity index (χ1) is 6.93. The Bertz CT molecular complexity index is 407. The number of hydrogen-bond donors (Lipinski definition) is 2. The van der Waals surface area contributed by atoms with Gasteiger partial charge in [-0.1, -0.05) is 11.6 Å². The van der Waals surface area contributed by atoms with Crippen molar-refractivity contribution in [1.82, 2.24) is 0 Å². The number of phenols is 1. The fourth-order valence-corrected chi connectivity index (χ4v) is 1.26. The summed E-state index contributed by atoms with van der Waals surface area (Å²) in [7, 11) is 0. The zero-order valence-electron chi connectivity index (χ0n) is 7.43. The summed E-state index contributed by atoms with van der Waals surface area (Å²) < 4.78 is 26.0. The first-order valence-corrected chi connectivity index (χ1v) is 4.38. The summed E-state index contributed by atoms with van der Waals surface area (Å²) in [4.78, 5) is 10.2. The van der Waals surface area contributed by atoms with Gasteiger partial charge >= 0.3 is 5.97 Å². The van der Waals surface area contributed by atoms with E-state index in [1.54, 1.807) is 0 Å². The summed E-state index contributed by atoms with van der Waals surface area (Å²) in [6.07, 6.45) is -0.612. The lowest BCUT2D eigenvalue weighted by Gasteiger charge is -2.06. The second-order valence-electron chi connectivity index (χ2n) is 2.88. The van der Waals surface area contributed by atoms with Crippen LogP contribution in [0.15, 0.2) is 6.07 Å². The molecule has 2 N–H and O–H groups in total. The van der Waals surface area contributed by atoms with E-state index in [9.17, 15) is 18.7 Å². The maximum atomic E-state index is 13.2. The average molecular weight is 237 g/mol. The van der Waals surface area contributed by atoms with Crippen LogP contribution in [0, 0.1) is 11.6 Å². The molecule has 0 aliphatic carbocycles. The molecule has 1 aromatic rings. The minimum atomic E-state index is -1.14. The number of aromatic hydroxyl groups is 1. The Hall–Kier alpha value is -1.36. The largest absolute Gasteiger partial charge is 0.507 e. The lowest BCUT2D eigenvalue weighted by molar-refractivity contribution is -0.136. The van der Waals surface area contributed by atoms with Crippen molar-refractivity contribution in [3.8, 4) is 5.75 Å². The average Bonchev–Trinajstić information content (AvgIpc) is 2.14. The zero-order valence-corrected chi connectivity index (χ0v) is 8.18. The van der Waals surface area contributed by atoms with Gasteiger partial charge in [0.25, 0.3) is 0 Å². The van der Waals surface area contributed by atoms with Gasteiger partial charge in [-0.05, 0) is 6.42 Å². The predicted octanol–water partition coefficient (Wildman–Crippen LogP) is 2.34. The maximum Gasteiger partial charge on any atom is 0.303 e. The molecule has 82 valence electrons. The minimum absolute atomic E-state index is 0.243. The lowest BCUT2D eigenvalue weighted by atomic mass is 10.1. The van der Waals surface area contributed by atoms with E-state index in [-0.39, 0.29) is 18.4 Å². The molecule has 6 heteroatoms.